The van der Waals surface area contributed by atoms with Gasteiger partial charge in [-0.2, -0.15) is 0 Å². The van der Waals surface area contributed by atoms with Crippen LogP contribution in [0, 0.1) is 13.8 Å². The topological polar surface area (TPSA) is 81.2 Å². The highest BCUT2D eigenvalue weighted by Gasteiger charge is 2.17. The molecule has 0 fully saturated rings. The number of nitrogens with one attached hydrogen (secondary N) is 1. The molecule has 1 heterocycles. The van der Waals surface area contributed by atoms with Gasteiger partial charge in [-0.3, -0.25) is 4.79 Å². The van der Waals surface area contributed by atoms with Gasteiger partial charge in [0.25, 0.3) is 0 Å². The van der Waals surface area contributed by atoms with E-state index in [1.165, 1.54) is 6.92 Å². The van der Waals surface area contributed by atoms with Gasteiger partial charge in [-0.15, -0.1) is 0 Å². The van der Waals surface area contributed by atoms with Crippen molar-refractivity contribution in [3.63, 3.8) is 0 Å². The van der Waals surface area contributed by atoms with Crippen molar-refractivity contribution >= 4 is 28.6 Å². The van der Waals surface area contributed by atoms with E-state index in [1.807, 2.05) is 44.2 Å². The first kappa shape index (κ1) is 17.5. The summed E-state index contributed by atoms with van der Waals surface area (Å²) in [6.07, 6.45) is 0. The van der Waals surface area contributed by atoms with Crippen LogP contribution in [0.1, 0.15) is 34.2 Å². The van der Waals surface area contributed by atoms with Crippen LogP contribution >= 0.6 is 0 Å². The zero-order chi connectivity index (χ0) is 18.7. The number of para-hydroxylation sites is 3. The highest BCUT2D eigenvalue weighted by Crippen LogP contribution is 2.22. The van der Waals surface area contributed by atoms with Gasteiger partial charge in [0.1, 0.15) is 6.61 Å². The molecule has 0 unspecified atom stereocenters. The second kappa shape index (κ2) is 7.31. The van der Waals surface area contributed by atoms with Crippen LogP contribution in [0.4, 0.5) is 5.69 Å². The Hall–Kier alpha value is -3.28. The molecule has 0 bridgehead atoms. The first-order valence-electron chi connectivity index (χ1n) is 8.22. The van der Waals surface area contributed by atoms with Crippen LogP contribution in [0.25, 0.3) is 11.0 Å². The van der Waals surface area contributed by atoms with E-state index in [4.69, 9.17) is 4.74 Å². The number of anilines is 1. The van der Waals surface area contributed by atoms with Gasteiger partial charge in [0.2, 0.25) is 5.91 Å². The summed E-state index contributed by atoms with van der Waals surface area (Å²) < 4.78 is 5.43. The van der Waals surface area contributed by atoms with Gasteiger partial charge in [0.15, 0.2) is 0 Å². The molecule has 1 aromatic heterocycles. The molecular formula is C20H19N3O3. The van der Waals surface area contributed by atoms with Crippen molar-refractivity contribution in [1.29, 1.82) is 0 Å². The van der Waals surface area contributed by atoms with Crippen LogP contribution < -0.4 is 5.32 Å². The molecule has 2 aromatic carbocycles. The van der Waals surface area contributed by atoms with Gasteiger partial charge in [-0.05, 0) is 37.6 Å². The van der Waals surface area contributed by atoms with Crippen molar-refractivity contribution < 1.29 is 14.3 Å². The number of carbonyl (C=O) groups is 2. The average Bonchev–Trinajstić information content (AvgIpc) is 2.61. The van der Waals surface area contributed by atoms with E-state index in [9.17, 15) is 9.59 Å². The van der Waals surface area contributed by atoms with Crippen LogP contribution in [-0.2, 0) is 16.1 Å². The van der Waals surface area contributed by atoms with Gasteiger partial charge >= 0.3 is 5.97 Å². The molecule has 0 radical (unpaired) electrons. The largest absolute Gasteiger partial charge is 0.455 e. The number of aryl methyl sites for hydroxylation is 2. The molecular weight excluding hydrogens is 330 g/mol. The Balaban J connectivity index is 1.82. The van der Waals surface area contributed by atoms with Crippen molar-refractivity contribution in [2.24, 2.45) is 0 Å². The molecule has 3 aromatic rings. The molecule has 1 amide bonds. The third kappa shape index (κ3) is 3.69. The van der Waals surface area contributed by atoms with E-state index < -0.39 is 5.97 Å². The minimum absolute atomic E-state index is 0.00988. The fraction of sp³-hybridized carbons (Fsp3) is 0.200. The Morgan fingerprint density at radius 1 is 1.00 bits per heavy atom. The van der Waals surface area contributed by atoms with Gasteiger partial charge < -0.3 is 10.1 Å². The third-order valence-corrected chi connectivity index (χ3v) is 3.98. The molecule has 0 spiro atoms. The average molecular weight is 349 g/mol. The summed E-state index contributed by atoms with van der Waals surface area (Å²) in [5, 5.41) is 2.69. The van der Waals surface area contributed by atoms with Crippen molar-refractivity contribution in [1.82, 2.24) is 9.97 Å². The van der Waals surface area contributed by atoms with E-state index in [0.717, 1.165) is 16.6 Å². The molecule has 0 atom stereocenters. The van der Waals surface area contributed by atoms with Gasteiger partial charge in [0, 0.05) is 6.92 Å². The molecule has 0 saturated heterocycles. The molecule has 0 aliphatic heterocycles. The van der Waals surface area contributed by atoms with E-state index >= 15 is 0 Å². The first-order valence-corrected chi connectivity index (χ1v) is 8.22. The third-order valence-electron chi connectivity index (χ3n) is 3.98. The summed E-state index contributed by atoms with van der Waals surface area (Å²) in [7, 11) is 0. The molecule has 0 aliphatic carbocycles. The second-order valence-corrected chi connectivity index (χ2v) is 6.00. The molecule has 6 heteroatoms. The van der Waals surface area contributed by atoms with Crippen molar-refractivity contribution in [2.45, 2.75) is 27.4 Å². The summed E-state index contributed by atoms with van der Waals surface area (Å²) in [4.78, 5) is 32.9. The summed E-state index contributed by atoms with van der Waals surface area (Å²) in [5.74, 6) is -0.767. The number of rotatable bonds is 4. The fourth-order valence-electron chi connectivity index (χ4n) is 2.65. The lowest BCUT2D eigenvalue weighted by atomic mass is 10.1. The van der Waals surface area contributed by atoms with Crippen LogP contribution in [0.5, 0.6) is 0 Å². The lowest BCUT2D eigenvalue weighted by molar-refractivity contribution is -0.114. The van der Waals surface area contributed by atoms with Crippen molar-refractivity contribution in [2.75, 3.05) is 5.32 Å². The van der Waals surface area contributed by atoms with Crippen molar-refractivity contribution in [3.8, 4) is 0 Å². The number of carbonyl (C=O) groups excluding carboxylic acids is 2. The SMILES string of the molecule is CC(=O)Nc1c(C)cccc1C(=O)OCc1nc2ccccc2nc1C. The predicted octanol–water partition coefficient (Wildman–Crippen LogP) is 3.56. The maximum Gasteiger partial charge on any atom is 0.340 e. The number of hydrogen-bond donors (Lipinski definition) is 1. The number of fused-ring (bicyclic) bond motifs is 1. The molecule has 132 valence electrons. The van der Waals surface area contributed by atoms with Crippen molar-refractivity contribution in [3.05, 3.63) is 65.0 Å². The Bertz CT molecular complexity index is 999. The Labute approximate surface area is 151 Å². The second-order valence-electron chi connectivity index (χ2n) is 6.00. The number of nitrogens with zero attached hydrogens (tertiary/aromatic N) is 2. The van der Waals surface area contributed by atoms with Gasteiger partial charge in [0.05, 0.1) is 33.7 Å². The number of benzene rings is 2. The fourth-order valence-corrected chi connectivity index (χ4v) is 2.65. The summed E-state index contributed by atoms with van der Waals surface area (Å²) >= 11 is 0. The maximum absolute atomic E-state index is 12.5. The Morgan fingerprint density at radius 3 is 2.38 bits per heavy atom. The lowest BCUT2D eigenvalue weighted by Crippen LogP contribution is -2.14. The standard InChI is InChI=1S/C20H19N3O3/c1-12-7-6-8-15(19(12)22-14(3)24)20(25)26-11-18-13(2)21-16-9-4-5-10-17(16)23-18/h4-10H,11H2,1-3H3,(H,22,24). The molecule has 3 rings (SSSR count). The smallest absolute Gasteiger partial charge is 0.340 e. The van der Waals surface area contributed by atoms with E-state index in [0.29, 0.717) is 22.6 Å². The highest BCUT2D eigenvalue weighted by atomic mass is 16.5. The molecule has 0 aliphatic rings. The lowest BCUT2D eigenvalue weighted by Gasteiger charge is -2.13. The van der Waals surface area contributed by atoms with Gasteiger partial charge in [-0.25, -0.2) is 14.8 Å². The number of ether oxygens (including phenoxy) is 1. The molecule has 26 heavy (non-hydrogen) atoms. The molecule has 0 saturated carbocycles. The zero-order valence-corrected chi connectivity index (χ0v) is 14.9. The minimum atomic E-state index is -0.521. The summed E-state index contributed by atoms with van der Waals surface area (Å²) in [6, 6.07) is 12.7. The van der Waals surface area contributed by atoms with E-state index in [2.05, 4.69) is 15.3 Å². The van der Waals surface area contributed by atoms with Crippen LogP contribution in [0.2, 0.25) is 0 Å². The highest BCUT2D eigenvalue weighted by molar-refractivity contribution is 6.01. The number of aromatic nitrogens is 2. The zero-order valence-electron chi connectivity index (χ0n) is 14.9. The maximum atomic E-state index is 12.5. The molecule has 1 N–H and O–H groups in total. The summed E-state index contributed by atoms with van der Waals surface area (Å²) in [5.41, 5.74) is 4.42. The van der Waals surface area contributed by atoms with E-state index in [1.54, 1.807) is 12.1 Å². The van der Waals surface area contributed by atoms with E-state index in [-0.39, 0.29) is 12.5 Å². The number of amides is 1. The minimum Gasteiger partial charge on any atom is -0.455 e. The Morgan fingerprint density at radius 2 is 1.69 bits per heavy atom. The Kier molecular flexibility index (Phi) is 4.93. The van der Waals surface area contributed by atoms with Crippen LogP contribution in [0.15, 0.2) is 42.5 Å². The predicted molar refractivity (Wildman–Crippen MR) is 98.9 cm³/mol. The normalized spacial score (nSPS) is 10.6. The van der Waals surface area contributed by atoms with Gasteiger partial charge in [-0.1, -0.05) is 24.3 Å². The first-order chi connectivity index (χ1) is 12.5. The molecule has 6 nitrogen and oxygen atoms in total. The quantitative estimate of drug-likeness (QED) is 0.728. The number of hydrogen-bond acceptors (Lipinski definition) is 5. The van der Waals surface area contributed by atoms with Crippen LogP contribution in [0.3, 0.4) is 0 Å². The summed E-state index contributed by atoms with van der Waals surface area (Å²) in [6.45, 7) is 5.06. The monoisotopic (exact) mass is 349 g/mol. The van der Waals surface area contributed by atoms with Crippen LogP contribution in [-0.4, -0.2) is 21.8 Å². The number of esters is 1.